The largest absolute Gasteiger partial charge is 0.344 e. The molecule has 1 N–H and O–H groups in total. The van der Waals surface area contributed by atoms with Gasteiger partial charge in [0.15, 0.2) is 11.9 Å². The first-order chi connectivity index (χ1) is 10.7. The molecule has 108 valence electrons. The van der Waals surface area contributed by atoms with E-state index in [-0.39, 0.29) is 5.82 Å². The van der Waals surface area contributed by atoms with E-state index in [0.717, 1.165) is 11.7 Å². The van der Waals surface area contributed by atoms with Gasteiger partial charge in [0.05, 0.1) is 17.3 Å². The van der Waals surface area contributed by atoms with Crippen molar-refractivity contribution in [3.8, 4) is 11.4 Å². The number of carbonyl (C=O) groups is 1. The number of aldehydes is 1. The molecule has 0 fully saturated rings. The van der Waals surface area contributed by atoms with E-state index in [1.54, 1.807) is 30.2 Å². The highest BCUT2D eigenvalue weighted by Gasteiger charge is 2.15. The topological polar surface area (TPSA) is 76.5 Å². The summed E-state index contributed by atoms with van der Waals surface area (Å²) in [6.07, 6.45) is 3.87. The van der Waals surface area contributed by atoms with E-state index in [1.807, 2.05) is 0 Å². The average molecular weight is 295 g/mol. The molecular weight excluding hydrogens is 285 g/mol. The van der Waals surface area contributed by atoms with Crippen molar-refractivity contribution in [3.05, 3.63) is 42.0 Å². The van der Waals surface area contributed by atoms with Crippen LogP contribution in [0.2, 0.25) is 0 Å². The van der Waals surface area contributed by atoms with Crippen LogP contribution in [0.3, 0.4) is 0 Å². The van der Waals surface area contributed by atoms with E-state index >= 15 is 0 Å². The molecule has 6 nitrogen and oxygen atoms in total. The van der Waals surface area contributed by atoms with Crippen LogP contribution in [0.25, 0.3) is 33.5 Å². The minimum Gasteiger partial charge on any atom is -0.344 e. The molecule has 1 aromatic carbocycles. The van der Waals surface area contributed by atoms with Crippen molar-refractivity contribution in [2.24, 2.45) is 7.05 Å². The summed E-state index contributed by atoms with van der Waals surface area (Å²) in [5.74, 6) is -0.322. The maximum absolute atomic E-state index is 13.4. The maximum atomic E-state index is 13.4. The number of aromatic amines is 1. The number of rotatable bonds is 2. The Morgan fingerprint density at radius 2 is 2.23 bits per heavy atom. The molecule has 0 amide bonds. The highest BCUT2D eigenvalue weighted by Crippen LogP contribution is 2.27. The lowest BCUT2D eigenvalue weighted by atomic mass is 10.1. The van der Waals surface area contributed by atoms with E-state index in [0.29, 0.717) is 33.6 Å². The molecule has 0 radical (unpaired) electrons. The van der Waals surface area contributed by atoms with Gasteiger partial charge in [-0.1, -0.05) is 0 Å². The number of fused-ring (bicyclic) bond motifs is 2. The van der Waals surface area contributed by atoms with Crippen molar-refractivity contribution in [3.63, 3.8) is 0 Å². The van der Waals surface area contributed by atoms with Gasteiger partial charge in [-0.15, -0.1) is 0 Å². The summed E-state index contributed by atoms with van der Waals surface area (Å²) in [7, 11) is 1.74. The van der Waals surface area contributed by atoms with Crippen LogP contribution >= 0.6 is 0 Å². The number of hydrogen-bond donors (Lipinski definition) is 1. The summed E-state index contributed by atoms with van der Waals surface area (Å²) in [6.45, 7) is 0. The lowest BCUT2D eigenvalue weighted by Crippen LogP contribution is -1.92. The highest BCUT2D eigenvalue weighted by molar-refractivity contribution is 5.96. The Morgan fingerprint density at radius 1 is 1.36 bits per heavy atom. The van der Waals surface area contributed by atoms with Crippen molar-refractivity contribution in [1.82, 2.24) is 24.7 Å². The van der Waals surface area contributed by atoms with Crippen LogP contribution in [0.5, 0.6) is 0 Å². The van der Waals surface area contributed by atoms with Crippen molar-refractivity contribution in [2.45, 2.75) is 0 Å². The minimum atomic E-state index is -0.322. The van der Waals surface area contributed by atoms with Gasteiger partial charge < -0.3 is 4.98 Å². The number of nitrogens with one attached hydrogen (secondary N) is 1. The monoisotopic (exact) mass is 295 g/mol. The van der Waals surface area contributed by atoms with Crippen LogP contribution in [0.15, 0.2) is 30.6 Å². The molecule has 7 heteroatoms. The molecule has 3 aromatic heterocycles. The van der Waals surface area contributed by atoms with Gasteiger partial charge in [-0.25, -0.2) is 14.4 Å². The Balaban J connectivity index is 2.00. The maximum Gasteiger partial charge on any atom is 0.156 e. The second-order valence-corrected chi connectivity index (χ2v) is 4.95. The normalized spacial score (nSPS) is 11.4. The van der Waals surface area contributed by atoms with Crippen LogP contribution in [0.4, 0.5) is 4.39 Å². The Kier molecular flexibility index (Phi) is 2.56. The molecular formula is C15H10FN5O. The Labute approximate surface area is 123 Å². The SMILES string of the molecule is Cn1nc(-c2cnc3[nH]cc(C=O)c3n2)c2ccc(F)cc21. The van der Waals surface area contributed by atoms with Crippen molar-refractivity contribution < 1.29 is 9.18 Å². The van der Waals surface area contributed by atoms with Gasteiger partial charge >= 0.3 is 0 Å². The zero-order valence-electron chi connectivity index (χ0n) is 11.5. The third-order valence-corrected chi connectivity index (χ3v) is 3.59. The molecule has 0 atom stereocenters. The molecule has 0 aliphatic heterocycles. The first-order valence-electron chi connectivity index (χ1n) is 6.59. The van der Waals surface area contributed by atoms with E-state index in [2.05, 4.69) is 20.1 Å². The van der Waals surface area contributed by atoms with Crippen molar-refractivity contribution >= 4 is 28.4 Å². The van der Waals surface area contributed by atoms with E-state index in [1.165, 1.54) is 12.1 Å². The van der Waals surface area contributed by atoms with Gasteiger partial charge in [0.1, 0.15) is 22.7 Å². The molecule has 0 aliphatic rings. The Morgan fingerprint density at radius 3 is 3.05 bits per heavy atom. The molecule has 0 spiro atoms. The van der Waals surface area contributed by atoms with E-state index in [4.69, 9.17) is 0 Å². The van der Waals surface area contributed by atoms with Gasteiger partial charge in [-0.05, 0) is 18.2 Å². The lowest BCUT2D eigenvalue weighted by Gasteiger charge is -1.98. The zero-order valence-corrected chi connectivity index (χ0v) is 11.5. The average Bonchev–Trinajstić information content (AvgIpc) is 3.08. The zero-order chi connectivity index (χ0) is 15.3. The van der Waals surface area contributed by atoms with Crippen LogP contribution in [-0.4, -0.2) is 31.0 Å². The standard InChI is InChI=1S/C15H10FN5O/c1-21-12-4-9(16)2-3-10(12)14(20-21)11-6-18-15-13(19-11)8(7-22)5-17-15/h2-7H,1H3,(H,17,18). The molecule has 4 rings (SSSR count). The summed E-state index contributed by atoms with van der Waals surface area (Å²) < 4.78 is 15.0. The number of halogens is 1. The molecule has 0 saturated heterocycles. The first kappa shape index (κ1) is 12.6. The van der Waals surface area contributed by atoms with E-state index < -0.39 is 0 Å². The fourth-order valence-electron chi connectivity index (χ4n) is 2.53. The van der Waals surface area contributed by atoms with Gasteiger partial charge in [-0.3, -0.25) is 9.48 Å². The van der Waals surface area contributed by atoms with Crippen LogP contribution in [0, 0.1) is 5.82 Å². The number of aromatic nitrogens is 5. The van der Waals surface area contributed by atoms with E-state index in [9.17, 15) is 9.18 Å². The summed E-state index contributed by atoms with van der Waals surface area (Å²) in [5, 5.41) is 5.18. The lowest BCUT2D eigenvalue weighted by molar-refractivity contribution is 0.112. The number of carbonyl (C=O) groups excluding carboxylic acids is 1. The summed E-state index contributed by atoms with van der Waals surface area (Å²) in [5.41, 5.74) is 3.28. The smallest absolute Gasteiger partial charge is 0.156 e. The summed E-state index contributed by atoms with van der Waals surface area (Å²) >= 11 is 0. The predicted molar refractivity (Wildman–Crippen MR) is 78.9 cm³/mol. The second-order valence-electron chi connectivity index (χ2n) is 4.95. The Hall–Kier alpha value is -3.09. The number of benzene rings is 1. The fraction of sp³-hybridized carbons (Fsp3) is 0.0667. The van der Waals surface area contributed by atoms with Crippen LogP contribution < -0.4 is 0 Å². The fourth-order valence-corrected chi connectivity index (χ4v) is 2.53. The van der Waals surface area contributed by atoms with Crippen LogP contribution in [-0.2, 0) is 7.05 Å². The summed E-state index contributed by atoms with van der Waals surface area (Å²) in [6, 6.07) is 4.47. The Bertz CT molecular complexity index is 1030. The van der Waals surface area contributed by atoms with Gasteiger partial charge in [0.2, 0.25) is 0 Å². The van der Waals surface area contributed by atoms with Gasteiger partial charge in [0, 0.05) is 18.6 Å². The number of aryl methyl sites for hydroxylation is 1. The molecule has 0 saturated carbocycles. The number of H-pyrrole nitrogens is 1. The predicted octanol–water partition coefficient (Wildman–Crippen LogP) is 2.46. The second kappa shape index (κ2) is 4.45. The minimum absolute atomic E-state index is 0.322. The molecule has 0 unspecified atom stereocenters. The molecule has 3 heterocycles. The third kappa shape index (κ3) is 1.72. The number of hydrogen-bond acceptors (Lipinski definition) is 4. The van der Waals surface area contributed by atoms with Gasteiger partial charge in [0.25, 0.3) is 0 Å². The third-order valence-electron chi connectivity index (χ3n) is 3.59. The van der Waals surface area contributed by atoms with Crippen LogP contribution in [0.1, 0.15) is 10.4 Å². The molecule has 22 heavy (non-hydrogen) atoms. The molecule has 4 aromatic rings. The first-order valence-corrected chi connectivity index (χ1v) is 6.59. The quantitative estimate of drug-likeness (QED) is 0.576. The molecule has 0 aliphatic carbocycles. The van der Waals surface area contributed by atoms with Crippen molar-refractivity contribution in [1.29, 1.82) is 0 Å². The van der Waals surface area contributed by atoms with Crippen molar-refractivity contribution in [2.75, 3.05) is 0 Å². The molecule has 0 bridgehead atoms. The number of nitrogens with zero attached hydrogens (tertiary/aromatic N) is 4. The van der Waals surface area contributed by atoms with Gasteiger partial charge in [-0.2, -0.15) is 5.10 Å². The highest BCUT2D eigenvalue weighted by atomic mass is 19.1. The summed E-state index contributed by atoms with van der Waals surface area (Å²) in [4.78, 5) is 22.6.